The fourth-order valence-corrected chi connectivity index (χ4v) is 5.07. The van der Waals surface area contributed by atoms with Crippen LogP contribution in [0.15, 0.2) is 64.9 Å². The van der Waals surface area contributed by atoms with E-state index in [0.29, 0.717) is 11.4 Å². The highest BCUT2D eigenvalue weighted by Crippen LogP contribution is 2.29. The van der Waals surface area contributed by atoms with Crippen LogP contribution < -0.4 is 9.62 Å². The summed E-state index contributed by atoms with van der Waals surface area (Å²) >= 11 is 1.10. The average Bonchev–Trinajstić information content (AvgIpc) is 3.15. The monoisotopic (exact) mass is 400 g/mol. The molecule has 0 atom stereocenters. The molecule has 0 radical (unpaired) electrons. The number of para-hydroxylation sites is 1. The minimum Gasteiger partial charge on any atom is -0.321 e. The van der Waals surface area contributed by atoms with E-state index in [-0.39, 0.29) is 9.77 Å². The quantitative estimate of drug-likeness (QED) is 0.688. The number of aryl methyl sites for hydroxylation is 2. The normalized spacial score (nSPS) is 11.2. The summed E-state index contributed by atoms with van der Waals surface area (Å²) in [6, 6.07) is 15.9. The smallest absolute Gasteiger partial charge is 0.267 e. The Bertz CT molecular complexity index is 1070. The summed E-state index contributed by atoms with van der Waals surface area (Å²) in [5, 5.41) is 4.35. The molecule has 27 heavy (non-hydrogen) atoms. The first kappa shape index (κ1) is 19.1. The van der Waals surface area contributed by atoms with E-state index < -0.39 is 15.9 Å². The maximum atomic E-state index is 13.1. The van der Waals surface area contributed by atoms with Crippen LogP contribution in [0, 0.1) is 13.8 Å². The van der Waals surface area contributed by atoms with Crippen molar-refractivity contribution in [3.05, 3.63) is 76.0 Å². The van der Waals surface area contributed by atoms with Gasteiger partial charge in [-0.25, -0.2) is 8.42 Å². The van der Waals surface area contributed by atoms with Crippen molar-refractivity contribution in [3.63, 3.8) is 0 Å². The molecule has 0 saturated heterocycles. The Balaban J connectivity index is 1.93. The van der Waals surface area contributed by atoms with Crippen LogP contribution in [0.5, 0.6) is 0 Å². The molecule has 1 N–H and O–H groups in total. The van der Waals surface area contributed by atoms with Gasteiger partial charge in [0.2, 0.25) is 0 Å². The zero-order valence-corrected chi connectivity index (χ0v) is 16.9. The van der Waals surface area contributed by atoms with Gasteiger partial charge in [0.05, 0.1) is 5.69 Å². The SMILES string of the molecule is Cc1ccc(N(C)S(=O)(=O)c2ccsc2C(=O)Nc2ccccc2)cc1C. The van der Waals surface area contributed by atoms with Crippen LogP contribution in [0.4, 0.5) is 11.4 Å². The highest BCUT2D eigenvalue weighted by Gasteiger charge is 2.28. The number of nitrogens with zero attached hydrogens (tertiary/aromatic N) is 1. The highest BCUT2D eigenvalue weighted by atomic mass is 32.2. The molecular formula is C20H20N2O3S2. The Labute approximate surface area is 163 Å². The van der Waals surface area contributed by atoms with Crippen molar-refractivity contribution in [1.82, 2.24) is 0 Å². The molecule has 0 aliphatic carbocycles. The fraction of sp³-hybridized carbons (Fsp3) is 0.150. The Morgan fingerprint density at radius 1 is 1.00 bits per heavy atom. The van der Waals surface area contributed by atoms with E-state index in [0.717, 1.165) is 22.5 Å². The Morgan fingerprint density at radius 2 is 1.70 bits per heavy atom. The molecule has 0 bridgehead atoms. The van der Waals surface area contributed by atoms with Crippen LogP contribution in [0.2, 0.25) is 0 Å². The van der Waals surface area contributed by atoms with E-state index in [2.05, 4.69) is 5.32 Å². The first-order valence-corrected chi connectivity index (χ1v) is 10.6. The standard InChI is InChI=1S/C20H20N2O3S2/c1-14-9-10-17(13-15(14)2)22(3)27(24,25)18-11-12-26-19(18)20(23)21-16-7-5-4-6-8-16/h4-13H,1-3H3,(H,21,23). The number of anilines is 2. The van der Waals surface area contributed by atoms with Gasteiger partial charge in [0.1, 0.15) is 9.77 Å². The fourth-order valence-electron chi connectivity index (χ4n) is 2.58. The van der Waals surface area contributed by atoms with Gasteiger partial charge in [0.25, 0.3) is 15.9 Å². The summed E-state index contributed by atoms with van der Waals surface area (Å²) in [5.74, 6) is -0.441. The van der Waals surface area contributed by atoms with Crippen LogP contribution in [-0.4, -0.2) is 21.4 Å². The second kappa shape index (κ2) is 7.54. The topological polar surface area (TPSA) is 66.5 Å². The van der Waals surface area contributed by atoms with Gasteiger partial charge in [-0.3, -0.25) is 9.10 Å². The second-order valence-electron chi connectivity index (χ2n) is 6.18. The third kappa shape index (κ3) is 3.89. The number of rotatable bonds is 5. The number of hydrogen-bond acceptors (Lipinski definition) is 4. The number of amides is 1. The third-order valence-corrected chi connectivity index (χ3v) is 7.23. The lowest BCUT2D eigenvalue weighted by Crippen LogP contribution is -2.28. The third-order valence-electron chi connectivity index (χ3n) is 4.36. The summed E-state index contributed by atoms with van der Waals surface area (Å²) in [6.07, 6.45) is 0. The van der Waals surface area contributed by atoms with Gasteiger partial charge in [-0.15, -0.1) is 11.3 Å². The summed E-state index contributed by atoms with van der Waals surface area (Å²) in [7, 11) is -2.37. The molecule has 0 saturated carbocycles. The number of hydrogen-bond donors (Lipinski definition) is 1. The van der Waals surface area contributed by atoms with E-state index in [1.807, 2.05) is 32.0 Å². The van der Waals surface area contributed by atoms with Crippen LogP contribution in [0.25, 0.3) is 0 Å². The lowest BCUT2D eigenvalue weighted by molar-refractivity contribution is 0.102. The minimum absolute atomic E-state index is 0.00154. The molecule has 0 fully saturated rings. The maximum Gasteiger partial charge on any atom is 0.267 e. The molecule has 140 valence electrons. The number of carbonyl (C=O) groups excluding carboxylic acids is 1. The molecule has 3 aromatic rings. The molecule has 3 rings (SSSR count). The molecule has 0 spiro atoms. The van der Waals surface area contributed by atoms with Crippen LogP contribution in [0.1, 0.15) is 20.8 Å². The molecule has 1 aromatic heterocycles. The van der Waals surface area contributed by atoms with E-state index in [1.54, 1.807) is 35.7 Å². The average molecular weight is 401 g/mol. The predicted molar refractivity (Wildman–Crippen MR) is 110 cm³/mol. The molecule has 5 nitrogen and oxygen atoms in total. The maximum absolute atomic E-state index is 13.1. The van der Waals surface area contributed by atoms with Gasteiger partial charge in [-0.05, 0) is 60.7 Å². The molecule has 0 aliphatic rings. The van der Waals surface area contributed by atoms with Crippen molar-refractivity contribution in [2.45, 2.75) is 18.7 Å². The Morgan fingerprint density at radius 3 is 2.37 bits per heavy atom. The van der Waals surface area contributed by atoms with E-state index in [9.17, 15) is 13.2 Å². The molecule has 1 heterocycles. The lowest BCUT2D eigenvalue weighted by Gasteiger charge is -2.20. The van der Waals surface area contributed by atoms with Crippen molar-refractivity contribution in [3.8, 4) is 0 Å². The van der Waals surface area contributed by atoms with Crippen molar-refractivity contribution in [2.75, 3.05) is 16.7 Å². The molecule has 0 aliphatic heterocycles. The zero-order chi connectivity index (χ0) is 19.6. The summed E-state index contributed by atoms with van der Waals surface area (Å²) in [6.45, 7) is 3.90. The number of carbonyl (C=O) groups is 1. The Hall–Kier alpha value is -2.64. The van der Waals surface area contributed by atoms with E-state index in [4.69, 9.17) is 0 Å². The van der Waals surface area contributed by atoms with Gasteiger partial charge >= 0.3 is 0 Å². The molecule has 7 heteroatoms. The van der Waals surface area contributed by atoms with Crippen molar-refractivity contribution in [2.24, 2.45) is 0 Å². The van der Waals surface area contributed by atoms with E-state index in [1.165, 1.54) is 17.4 Å². The van der Waals surface area contributed by atoms with Crippen LogP contribution in [-0.2, 0) is 10.0 Å². The van der Waals surface area contributed by atoms with Crippen molar-refractivity contribution < 1.29 is 13.2 Å². The molecular weight excluding hydrogens is 380 g/mol. The molecule has 0 unspecified atom stereocenters. The molecule has 2 aromatic carbocycles. The number of sulfonamides is 1. The zero-order valence-electron chi connectivity index (χ0n) is 15.3. The largest absolute Gasteiger partial charge is 0.321 e. The van der Waals surface area contributed by atoms with Crippen molar-refractivity contribution >= 4 is 38.6 Å². The summed E-state index contributed by atoms with van der Waals surface area (Å²) in [4.78, 5) is 12.8. The minimum atomic E-state index is -3.86. The number of nitrogens with one attached hydrogen (secondary N) is 1. The number of benzene rings is 2. The van der Waals surface area contributed by atoms with Crippen LogP contribution in [0.3, 0.4) is 0 Å². The van der Waals surface area contributed by atoms with Gasteiger partial charge < -0.3 is 5.32 Å². The van der Waals surface area contributed by atoms with Crippen LogP contribution >= 0.6 is 11.3 Å². The first-order valence-electron chi connectivity index (χ1n) is 8.31. The van der Waals surface area contributed by atoms with Gasteiger partial charge in [0.15, 0.2) is 0 Å². The Kier molecular flexibility index (Phi) is 5.34. The van der Waals surface area contributed by atoms with Gasteiger partial charge in [-0.1, -0.05) is 24.3 Å². The van der Waals surface area contributed by atoms with Crippen molar-refractivity contribution in [1.29, 1.82) is 0 Å². The van der Waals surface area contributed by atoms with Gasteiger partial charge in [-0.2, -0.15) is 0 Å². The van der Waals surface area contributed by atoms with Gasteiger partial charge in [0, 0.05) is 12.7 Å². The number of thiophene rings is 1. The second-order valence-corrected chi connectivity index (χ2v) is 9.03. The summed E-state index contributed by atoms with van der Waals surface area (Å²) < 4.78 is 27.4. The molecule has 1 amide bonds. The highest BCUT2D eigenvalue weighted by molar-refractivity contribution is 7.93. The van der Waals surface area contributed by atoms with E-state index >= 15 is 0 Å². The first-order chi connectivity index (χ1) is 12.8. The lowest BCUT2D eigenvalue weighted by atomic mass is 10.1. The predicted octanol–water partition coefficient (Wildman–Crippen LogP) is 4.44. The summed E-state index contributed by atoms with van der Waals surface area (Å²) in [5.41, 5.74) is 3.26.